The van der Waals surface area contributed by atoms with Gasteiger partial charge in [-0.3, -0.25) is 4.79 Å². The summed E-state index contributed by atoms with van der Waals surface area (Å²) in [5.74, 6) is 2.46. The molecule has 22 heavy (non-hydrogen) atoms. The molecule has 0 aliphatic heterocycles. The number of aryl methyl sites for hydroxylation is 1. The second-order valence-electron chi connectivity index (χ2n) is 8.06. The number of alkyl halides is 1. The molecular formula is C18H23BrN2O. The van der Waals surface area contributed by atoms with Crippen molar-refractivity contribution in [1.82, 2.24) is 4.98 Å². The maximum absolute atomic E-state index is 12.5. The SMILES string of the molecule is Cc1ccc(NC(=O)CC23C[C@H]4C[C@@H](CC(Br)(C4)C2)C3)nc1. The predicted molar refractivity (Wildman–Crippen MR) is 91.0 cm³/mol. The molecule has 4 heteroatoms. The summed E-state index contributed by atoms with van der Waals surface area (Å²) in [6.07, 6.45) is 10.1. The van der Waals surface area contributed by atoms with Crippen LogP contribution in [0.5, 0.6) is 0 Å². The third-order valence-corrected chi connectivity index (χ3v) is 6.75. The lowest BCUT2D eigenvalue weighted by molar-refractivity contribution is -0.123. The molecule has 4 aliphatic rings. The molecule has 1 aromatic rings. The average Bonchev–Trinajstić information content (AvgIpc) is 2.37. The fraction of sp³-hybridized carbons (Fsp3) is 0.667. The van der Waals surface area contributed by atoms with Gasteiger partial charge in [0, 0.05) is 16.9 Å². The van der Waals surface area contributed by atoms with Crippen LogP contribution in [0.1, 0.15) is 50.5 Å². The first kappa shape index (κ1) is 14.7. The Balaban J connectivity index is 1.46. The van der Waals surface area contributed by atoms with Gasteiger partial charge in [-0.2, -0.15) is 0 Å². The van der Waals surface area contributed by atoms with Crippen molar-refractivity contribution in [3.8, 4) is 0 Å². The Bertz CT molecular complexity index is 584. The van der Waals surface area contributed by atoms with Crippen LogP contribution in [0.3, 0.4) is 0 Å². The molecule has 118 valence electrons. The van der Waals surface area contributed by atoms with Gasteiger partial charge in [0.25, 0.3) is 0 Å². The number of nitrogens with zero attached hydrogens (tertiary/aromatic N) is 1. The van der Waals surface area contributed by atoms with Crippen molar-refractivity contribution in [2.75, 3.05) is 5.32 Å². The topological polar surface area (TPSA) is 42.0 Å². The number of nitrogens with one attached hydrogen (secondary N) is 1. The maximum Gasteiger partial charge on any atom is 0.226 e. The molecule has 4 saturated carbocycles. The Morgan fingerprint density at radius 3 is 2.64 bits per heavy atom. The summed E-state index contributed by atoms with van der Waals surface area (Å²) in [7, 11) is 0. The van der Waals surface area contributed by atoms with Gasteiger partial charge in [-0.25, -0.2) is 4.98 Å². The van der Waals surface area contributed by atoms with Gasteiger partial charge in [0.2, 0.25) is 5.91 Å². The summed E-state index contributed by atoms with van der Waals surface area (Å²) >= 11 is 4.01. The zero-order chi connectivity index (χ0) is 15.4. The molecule has 1 amide bonds. The highest BCUT2D eigenvalue weighted by Gasteiger charge is 2.57. The predicted octanol–water partition coefficient (Wildman–Crippen LogP) is 4.45. The Morgan fingerprint density at radius 1 is 1.32 bits per heavy atom. The summed E-state index contributed by atoms with van der Waals surface area (Å²) < 4.78 is 0.319. The van der Waals surface area contributed by atoms with Crippen LogP contribution in [0.25, 0.3) is 0 Å². The number of anilines is 1. The molecule has 4 aliphatic carbocycles. The number of hydrogen-bond acceptors (Lipinski definition) is 2. The molecule has 4 fully saturated rings. The van der Waals surface area contributed by atoms with Gasteiger partial charge in [-0.1, -0.05) is 22.0 Å². The van der Waals surface area contributed by atoms with Crippen LogP contribution in [0.15, 0.2) is 18.3 Å². The van der Waals surface area contributed by atoms with E-state index in [1.807, 2.05) is 19.1 Å². The number of rotatable bonds is 3. The number of hydrogen-bond donors (Lipinski definition) is 1. The zero-order valence-electron chi connectivity index (χ0n) is 13.1. The van der Waals surface area contributed by atoms with Crippen LogP contribution >= 0.6 is 15.9 Å². The number of carbonyl (C=O) groups is 1. The Labute approximate surface area is 140 Å². The summed E-state index contributed by atoms with van der Waals surface area (Å²) in [6, 6.07) is 3.87. The van der Waals surface area contributed by atoms with E-state index in [-0.39, 0.29) is 11.3 Å². The highest BCUT2D eigenvalue weighted by atomic mass is 79.9. The van der Waals surface area contributed by atoms with Crippen molar-refractivity contribution >= 4 is 27.7 Å². The zero-order valence-corrected chi connectivity index (χ0v) is 14.7. The minimum atomic E-state index is 0.134. The largest absolute Gasteiger partial charge is 0.311 e. The Morgan fingerprint density at radius 2 is 2.05 bits per heavy atom. The molecule has 5 rings (SSSR count). The molecule has 3 nitrogen and oxygen atoms in total. The average molecular weight is 363 g/mol. The second-order valence-corrected chi connectivity index (χ2v) is 9.74. The van der Waals surface area contributed by atoms with Crippen LogP contribution < -0.4 is 5.32 Å². The van der Waals surface area contributed by atoms with Crippen molar-refractivity contribution in [3.05, 3.63) is 23.9 Å². The quantitative estimate of drug-likeness (QED) is 0.806. The van der Waals surface area contributed by atoms with E-state index in [4.69, 9.17) is 0 Å². The minimum absolute atomic E-state index is 0.134. The Hall–Kier alpha value is -0.900. The first-order valence-corrected chi connectivity index (χ1v) is 9.15. The molecule has 1 N–H and O–H groups in total. The van der Waals surface area contributed by atoms with Gasteiger partial charge in [-0.05, 0) is 74.3 Å². The molecule has 0 saturated heterocycles. The molecule has 1 aromatic heterocycles. The standard InChI is InChI=1S/C18H23BrN2O/c1-12-2-3-15(20-10-12)21-16(22)9-17-5-13-4-14(6-17)8-18(19,7-13)11-17/h2-3,10,13-14H,4-9,11H2,1H3,(H,20,21,22)/t13-,14-,17?,18?/m1/s1. The molecule has 4 bridgehead atoms. The first-order valence-electron chi connectivity index (χ1n) is 8.35. The van der Waals surface area contributed by atoms with Crippen molar-refractivity contribution in [1.29, 1.82) is 0 Å². The Kier molecular flexibility index (Phi) is 3.37. The number of carbonyl (C=O) groups excluding carboxylic acids is 1. The normalized spacial score (nSPS) is 39.0. The lowest BCUT2D eigenvalue weighted by atomic mass is 9.48. The number of pyridine rings is 1. The van der Waals surface area contributed by atoms with Gasteiger partial charge in [-0.15, -0.1) is 0 Å². The van der Waals surface area contributed by atoms with E-state index in [0.29, 0.717) is 16.6 Å². The number of amides is 1. The summed E-state index contributed by atoms with van der Waals surface area (Å²) in [6.45, 7) is 2.00. The fourth-order valence-corrected chi connectivity index (χ4v) is 7.12. The van der Waals surface area contributed by atoms with Crippen LogP contribution in [0.2, 0.25) is 0 Å². The molecule has 0 aromatic carbocycles. The van der Waals surface area contributed by atoms with E-state index in [2.05, 4.69) is 26.2 Å². The molecular weight excluding hydrogens is 340 g/mol. The van der Waals surface area contributed by atoms with E-state index >= 15 is 0 Å². The van der Waals surface area contributed by atoms with Gasteiger partial charge in [0.05, 0.1) is 0 Å². The van der Waals surface area contributed by atoms with E-state index in [0.717, 1.165) is 17.4 Å². The van der Waals surface area contributed by atoms with E-state index in [1.165, 1.54) is 38.5 Å². The fourth-order valence-electron chi connectivity index (χ4n) is 5.61. The third-order valence-electron chi connectivity index (χ3n) is 5.83. The highest BCUT2D eigenvalue weighted by molar-refractivity contribution is 9.10. The minimum Gasteiger partial charge on any atom is -0.311 e. The monoisotopic (exact) mass is 362 g/mol. The van der Waals surface area contributed by atoms with Crippen molar-refractivity contribution in [3.63, 3.8) is 0 Å². The molecule has 0 unspecified atom stereocenters. The van der Waals surface area contributed by atoms with Gasteiger partial charge >= 0.3 is 0 Å². The second kappa shape index (κ2) is 5.05. The van der Waals surface area contributed by atoms with E-state index in [9.17, 15) is 4.79 Å². The van der Waals surface area contributed by atoms with Crippen LogP contribution in [-0.2, 0) is 4.79 Å². The highest BCUT2D eigenvalue weighted by Crippen LogP contribution is 2.65. The van der Waals surface area contributed by atoms with Gasteiger partial charge in [0.1, 0.15) is 5.82 Å². The third kappa shape index (κ3) is 2.70. The smallest absolute Gasteiger partial charge is 0.226 e. The van der Waals surface area contributed by atoms with Crippen LogP contribution in [0.4, 0.5) is 5.82 Å². The lowest BCUT2D eigenvalue weighted by Gasteiger charge is -2.60. The van der Waals surface area contributed by atoms with Gasteiger partial charge in [0.15, 0.2) is 0 Å². The van der Waals surface area contributed by atoms with Crippen molar-refractivity contribution in [2.45, 2.75) is 56.2 Å². The molecule has 0 spiro atoms. The summed E-state index contributed by atoms with van der Waals surface area (Å²) in [4.78, 5) is 16.8. The van der Waals surface area contributed by atoms with Crippen LogP contribution in [-0.4, -0.2) is 15.2 Å². The lowest BCUT2D eigenvalue weighted by Crippen LogP contribution is -2.53. The maximum atomic E-state index is 12.5. The molecule has 2 atom stereocenters. The van der Waals surface area contributed by atoms with E-state index < -0.39 is 0 Å². The summed E-state index contributed by atoms with van der Waals surface area (Å²) in [5.41, 5.74) is 1.34. The van der Waals surface area contributed by atoms with E-state index in [1.54, 1.807) is 6.20 Å². The first-order chi connectivity index (χ1) is 10.4. The number of halogens is 1. The molecule has 0 radical (unpaired) electrons. The number of aromatic nitrogens is 1. The molecule has 1 heterocycles. The van der Waals surface area contributed by atoms with Crippen molar-refractivity contribution in [2.24, 2.45) is 17.3 Å². The van der Waals surface area contributed by atoms with Crippen molar-refractivity contribution < 1.29 is 4.79 Å². The van der Waals surface area contributed by atoms with Crippen LogP contribution in [0, 0.1) is 24.2 Å². The summed E-state index contributed by atoms with van der Waals surface area (Å²) in [5, 5.41) is 2.99. The van der Waals surface area contributed by atoms with Gasteiger partial charge < -0.3 is 5.32 Å².